The minimum atomic E-state index is -0.731. The normalized spacial score (nSPS) is 10.5. The number of carbonyl (C=O) groups excluding carboxylic acids is 2. The lowest BCUT2D eigenvalue weighted by atomic mass is 10.1. The van der Waals surface area contributed by atoms with E-state index in [4.69, 9.17) is 15.2 Å². The first-order valence-corrected chi connectivity index (χ1v) is 7.25. The molecule has 2 aromatic carbocycles. The van der Waals surface area contributed by atoms with Crippen molar-refractivity contribution in [1.29, 1.82) is 0 Å². The fraction of sp³-hybridized carbons (Fsp3) is 0.111. The van der Waals surface area contributed by atoms with Gasteiger partial charge in [0.1, 0.15) is 5.82 Å². The van der Waals surface area contributed by atoms with E-state index in [1.54, 1.807) is 6.07 Å². The molecular weight excluding hydrogens is 327 g/mol. The minimum absolute atomic E-state index is 0.0742. The summed E-state index contributed by atoms with van der Waals surface area (Å²) < 4.78 is 23.4. The molecule has 0 atom stereocenters. The van der Waals surface area contributed by atoms with Crippen LogP contribution in [0.25, 0.3) is 6.08 Å². The molecule has 0 aliphatic carbocycles. The molecule has 0 spiro atoms. The smallest absolute Gasteiger partial charge is 0.250 e. The summed E-state index contributed by atoms with van der Waals surface area (Å²) >= 11 is 0. The number of anilines is 1. The van der Waals surface area contributed by atoms with E-state index in [2.05, 4.69) is 5.32 Å². The van der Waals surface area contributed by atoms with Crippen molar-refractivity contribution in [2.75, 3.05) is 19.5 Å². The fourth-order valence-electron chi connectivity index (χ4n) is 2.14. The summed E-state index contributed by atoms with van der Waals surface area (Å²) in [6.45, 7) is 0. The molecule has 2 rings (SSSR count). The van der Waals surface area contributed by atoms with E-state index in [1.165, 1.54) is 56.7 Å². The zero-order chi connectivity index (χ0) is 18.4. The number of nitrogens with one attached hydrogen (secondary N) is 1. The molecule has 0 heterocycles. The lowest BCUT2D eigenvalue weighted by molar-refractivity contribution is -0.111. The van der Waals surface area contributed by atoms with Gasteiger partial charge < -0.3 is 20.5 Å². The number of amides is 2. The van der Waals surface area contributed by atoms with Crippen molar-refractivity contribution in [1.82, 2.24) is 0 Å². The SMILES string of the molecule is COc1cc(NC(=O)C=Cc2cccc(F)c2)c(C(N)=O)cc1OC. The first-order valence-electron chi connectivity index (χ1n) is 7.25. The summed E-state index contributed by atoms with van der Waals surface area (Å²) in [5.74, 6) is -1.01. The van der Waals surface area contributed by atoms with Gasteiger partial charge in [0.25, 0.3) is 5.91 Å². The molecule has 0 bridgehead atoms. The molecule has 130 valence electrons. The molecule has 6 nitrogen and oxygen atoms in total. The summed E-state index contributed by atoms with van der Waals surface area (Å²) in [6, 6.07) is 8.60. The van der Waals surface area contributed by atoms with Gasteiger partial charge in [0.15, 0.2) is 11.5 Å². The van der Waals surface area contributed by atoms with Crippen LogP contribution in [0.4, 0.5) is 10.1 Å². The highest BCUT2D eigenvalue weighted by Gasteiger charge is 2.16. The largest absolute Gasteiger partial charge is 0.493 e. The summed E-state index contributed by atoms with van der Waals surface area (Å²) in [5.41, 5.74) is 6.12. The molecule has 0 aromatic heterocycles. The number of nitrogens with two attached hydrogens (primary N) is 1. The number of carbonyl (C=O) groups is 2. The summed E-state index contributed by atoms with van der Waals surface area (Å²) in [4.78, 5) is 23.7. The molecule has 7 heteroatoms. The van der Waals surface area contributed by atoms with E-state index in [0.29, 0.717) is 17.1 Å². The van der Waals surface area contributed by atoms with Crippen molar-refractivity contribution in [3.63, 3.8) is 0 Å². The van der Waals surface area contributed by atoms with Crippen LogP contribution in [0, 0.1) is 5.82 Å². The molecule has 2 aromatic rings. The zero-order valence-electron chi connectivity index (χ0n) is 13.7. The maximum absolute atomic E-state index is 13.1. The van der Waals surface area contributed by atoms with Gasteiger partial charge in [-0.2, -0.15) is 0 Å². The van der Waals surface area contributed by atoms with Gasteiger partial charge in [0.05, 0.1) is 25.5 Å². The van der Waals surface area contributed by atoms with E-state index < -0.39 is 17.6 Å². The maximum atomic E-state index is 13.1. The Kier molecular flexibility index (Phi) is 5.73. The monoisotopic (exact) mass is 344 g/mol. The number of ether oxygens (including phenoxy) is 2. The van der Waals surface area contributed by atoms with E-state index >= 15 is 0 Å². The molecule has 0 saturated carbocycles. The van der Waals surface area contributed by atoms with Gasteiger partial charge in [0, 0.05) is 12.1 Å². The summed E-state index contributed by atoms with van der Waals surface area (Å²) in [7, 11) is 2.85. The van der Waals surface area contributed by atoms with Gasteiger partial charge in [-0.25, -0.2) is 4.39 Å². The number of benzene rings is 2. The van der Waals surface area contributed by atoms with Crippen LogP contribution in [0.3, 0.4) is 0 Å². The average Bonchev–Trinajstić information content (AvgIpc) is 2.59. The Morgan fingerprint density at radius 3 is 2.40 bits per heavy atom. The van der Waals surface area contributed by atoms with Crippen molar-refractivity contribution in [3.8, 4) is 11.5 Å². The number of hydrogen-bond acceptors (Lipinski definition) is 4. The quantitative estimate of drug-likeness (QED) is 0.788. The van der Waals surface area contributed by atoms with Gasteiger partial charge in [0.2, 0.25) is 5.91 Å². The maximum Gasteiger partial charge on any atom is 0.250 e. The van der Waals surface area contributed by atoms with Crippen molar-refractivity contribution in [2.45, 2.75) is 0 Å². The Bertz CT molecular complexity index is 834. The highest BCUT2D eigenvalue weighted by molar-refractivity contribution is 6.07. The lowest BCUT2D eigenvalue weighted by Crippen LogP contribution is -2.17. The van der Waals surface area contributed by atoms with E-state index in [0.717, 1.165) is 0 Å². The molecule has 3 N–H and O–H groups in total. The van der Waals surface area contributed by atoms with E-state index in [1.807, 2.05) is 0 Å². The molecule has 2 amide bonds. The third kappa shape index (κ3) is 4.57. The third-order valence-corrected chi connectivity index (χ3v) is 3.32. The first-order chi connectivity index (χ1) is 11.9. The van der Waals surface area contributed by atoms with Crippen LogP contribution in [0.5, 0.6) is 11.5 Å². The predicted molar refractivity (Wildman–Crippen MR) is 92.1 cm³/mol. The second kappa shape index (κ2) is 7.96. The fourth-order valence-corrected chi connectivity index (χ4v) is 2.14. The van der Waals surface area contributed by atoms with Gasteiger partial charge in [-0.05, 0) is 29.8 Å². The Hall–Kier alpha value is -3.35. The van der Waals surface area contributed by atoms with E-state index in [-0.39, 0.29) is 11.3 Å². The Morgan fingerprint density at radius 1 is 1.12 bits per heavy atom. The highest BCUT2D eigenvalue weighted by atomic mass is 19.1. The highest BCUT2D eigenvalue weighted by Crippen LogP contribution is 2.33. The van der Waals surface area contributed by atoms with Crippen molar-refractivity contribution < 1.29 is 23.5 Å². The Morgan fingerprint density at radius 2 is 1.80 bits per heavy atom. The molecule has 0 saturated heterocycles. The number of halogens is 1. The molecule has 0 fully saturated rings. The Labute approximate surface area is 144 Å². The van der Waals surface area contributed by atoms with Crippen LogP contribution in [-0.2, 0) is 4.79 Å². The topological polar surface area (TPSA) is 90.6 Å². The van der Waals surface area contributed by atoms with Crippen molar-refractivity contribution in [3.05, 3.63) is 59.4 Å². The van der Waals surface area contributed by atoms with Crippen molar-refractivity contribution in [2.24, 2.45) is 5.73 Å². The molecule has 25 heavy (non-hydrogen) atoms. The minimum Gasteiger partial charge on any atom is -0.493 e. The molecule has 0 unspecified atom stereocenters. The number of methoxy groups -OCH3 is 2. The predicted octanol–water partition coefficient (Wildman–Crippen LogP) is 2.59. The molecule has 0 aliphatic heterocycles. The number of hydrogen-bond donors (Lipinski definition) is 2. The van der Waals surface area contributed by atoms with Gasteiger partial charge in [-0.3, -0.25) is 9.59 Å². The van der Waals surface area contributed by atoms with E-state index in [9.17, 15) is 14.0 Å². The van der Waals surface area contributed by atoms with Gasteiger partial charge in [-0.15, -0.1) is 0 Å². The van der Waals surface area contributed by atoms with Gasteiger partial charge in [-0.1, -0.05) is 12.1 Å². The average molecular weight is 344 g/mol. The summed E-state index contributed by atoms with van der Waals surface area (Å²) in [6.07, 6.45) is 2.67. The molecule has 0 radical (unpaired) electrons. The van der Waals surface area contributed by atoms with Crippen LogP contribution < -0.4 is 20.5 Å². The molecular formula is C18H17FN2O4. The zero-order valence-corrected chi connectivity index (χ0v) is 13.7. The summed E-state index contributed by atoms with van der Waals surface area (Å²) in [5, 5.41) is 2.55. The second-order valence-corrected chi connectivity index (χ2v) is 4.99. The Balaban J connectivity index is 2.26. The number of primary amides is 1. The third-order valence-electron chi connectivity index (χ3n) is 3.32. The standard InChI is InChI=1S/C18H17FN2O4/c1-24-15-9-13(18(20)23)14(10-16(15)25-2)21-17(22)7-6-11-4-3-5-12(19)8-11/h3-10H,1-2H3,(H2,20,23)(H,21,22). The lowest BCUT2D eigenvalue weighted by Gasteiger charge is -2.13. The second-order valence-electron chi connectivity index (χ2n) is 4.99. The van der Waals surface area contributed by atoms with Crippen molar-refractivity contribution >= 4 is 23.6 Å². The van der Waals surface area contributed by atoms with Crippen LogP contribution >= 0.6 is 0 Å². The molecule has 0 aliphatic rings. The van der Waals surface area contributed by atoms with Crippen LogP contribution in [0.15, 0.2) is 42.5 Å². The van der Waals surface area contributed by atoms with Gasteiger partial charge >= 0.3 is 0 Å². The number of rotatable bonds is 6. The first kappa shape index (κ1) is 18.0. The van der Waals surface area contributed by atoms with Crippen LogP contribution in [0.1, 0.15) is 15.9 Å². The van der Waals surface area contributed by atoms with Crippen LogP contribution in [0.2, 0.25) is 0 Å². The van der Waals surface area contributed by atoms with Crippen LogP contribution in [-0.4, -0.2) is 26.0 Å².